The average molecular weight is 282 g/mol. The Hall–Kier alpha value is -1.71. The van der Waals surface area contributed by atoms with Crippen molar-refractivity contribution in [2.75, 3.05) is 5.73 Å². The van der Waals surface area contributed by atoms with E-state index in [0.717, 1.165) is 5.56 Å². The number of carbonyl (C=O) groups is 1. The van der Waals surface area contributed by atoms with Crippen LogP contribution in [0.25, 0.3) is 11.1 Å². The number of halogens is 2. The highest BCUT2D eigenvalue weighted by Crippen LogP contribution is 2.32. The summed E-state index contributed by atoms with van der Waals surface area (Å²) in [5.41, 5.74) is 7.47. The molecule has 18 heavy (non-hydrogen) atoms. The summed E-state index contributed by atoms with van der Waals surface area (Å²) in [5.74, 6) is -1.06. The maximum Gasteiger partial charge on any atom is 0.337 e. The Kier molecular flexibility index (Phi) is 3.45. The van der Waals surface area contributed by atoms with Gasteiger partial charge in [-0.3, -0.25) is 0 Å². The molecular formula is C13H9Cl2NO2. The summed E-state index contributed by atoms with van der Waals surface area (Å²) >= 11 is 11.8. The highest BCUT2D eigenvalue weighted by atomic mass is 35.5. The van der Waals surface area contributed by atoms with Gasteiger partial charge < -0.3 is 10.8 Å². The van der Waals surface area contributed by atoms with Gasteiger partial charge in [0.15, 0.2) is 0 Å². The van der Waals surface area contributed by atoms with Gasteiger partial charge in [-0.15, -0.1) is 0 Å². The van der Waals surface area contributed by atoms with Crippen molar-refractivity contribution < 1.29 is 9.90 Å². The molecule has 0 radical (unpaired) electrons. The third kappa shape index (κ3) is 2.28. The molecule has 0 aliphatic rings. The van der Waals surface area contributed by atoms with Gasteiger partial charge >= 0.3 is 5.97 Å². The highest BCUT2D eigenvalue weighted by Gasteiger charge is 2.12. The van der Waals surface area contributed by atoms with Gasteiger partial charge in [-0.25, -0.2) is 4.79 Å². The summed E-state index contributed by atoms with van der Waals surface area (Å²) in [6, 6.07) is 9.87. The van der Waals surface area contributed by atoms with E-state index >= 15 is 0 Å². The lowest BCUT2D eigenvalue weighted by atomic mass is 10.0. The van der Waals surface area contributed by atoms with Crippen molar-refractivity contribution in [3.05, 3.63) is 52.0 Å². The van der Waals surface area contributed by atoms with E-state index in [1.165, 1.54) is 6.07 Å². The van der Waals surface area contributed by atoms with Crippen molar-refractivity contribution in [3.63, 3.8) is 0 Å². The van der Waals surface area contributed by atoms with Gasteiger partial charge in [0.1, 0.15) is 0 Å². The molecule has 3 N–H and O–H groups in total. The maximum atomic E-state index is 11.0. The van der Waals surface area contributed by atoms with Crippen LogP contribution in [-0.4, -0.2) is 11.1 Å². The molecule has 0 bridgehead atoms. The molecule has 0 saturated heterocycles. The van der Waals surface area contributed by atoms with Crippen LogP contribution in [-0.2, 0) is 0 Å². The van der Waals surface area contributed by atoms with Crippen LogP contribution in [0.1, 0.15) is 10.4 Å². The molecule has 0 amide bonds. The third-order valence-corrected chi connectivity index (χ3v) is 3.31. The van der Waals surface area contributed by atoms with Gasteiger partial charge in [0.25, 0.3) is 0 Å². The molecule has 0 saturated carbocycles. The first-order chi connectivity index (χ1) is 8.50. The minimum atomic E-state index is -1.06. The van der Waals surface area contributed by atoms with Gasteiger partial charge in [0.05, 0.1) is 21.3 Å². The van der Waals surface area contributed by atoms with Crippen LogP contribution in [0, 0.1) is 0 Å². The lowest BCUT2D eigenvalue weighted by Gasteiger charge is -2.09. The second kappa shape index (κ2) is 4.88. The number of benzene rings is 2. The van der Waals surface area contributed by atoms with Crippen LogP contribution in [0.3, 0.4) is 0 Å². The molecule has 0 atom stereocenters. The van der Waals surface area contributed by atoms with Gasteiger partial charge in [0, 0.05) is 5.56 Å². The Labute approximate surface area is 114 Å². The van der Waals surface area contributed by atoms with E-state index in [9.17, 15) is 4.79 Å². The highest BCUT2D eigenvalue weighted by molar-refractivity contribution is 6.42. The second-order valence-corrected chi connectivity index (χ2v) is 4.52. The van der Waals surface area contributed by atoms with Crippen molar-refractivity contribution in [1.82, 2.24) is 0 Å². The molecule has 2 aromatic rings. The smallest absolute Gasteiger partial charge is 0.337 e. The quantitative estimate of drug-likeness (QED) is 0.820. The zero-order valence-corrected chi connectivity index (χ0v) is 10.7. The van der Waals surface area contributed by atoms with E-state index in [0.29, 0.717) is 15.6 Å². The van der Waals surface area contributed by atoms with Crippen molar-refractivity contribution >= 4 is 34.9 Å². The first-order valence-corrected chi connectivity index (χ1v) is 5.83. The van der Waals surface area contributed by atoms with Gasteiger partial charge in [-0.2, -0.15) is 0 Å². The predicted molar refractivity (Wildman–Crippen MR) is 73.3 cm³/mol. The fourth-order valence-electron chi connectivity index (χ4n) is 1.67. The maximum absolute atomic E-state index is 11.0. The van der Waals surface area contributed by atoms with Crippen molar-refractivity contribution in [2.45, 2.75) is 0 Å². The van der Waals surface area contributed by atoms with Crippen molar-refractivity contribution in [3.8, 4) is 11.1 Å². The van der Waals surface area contributed by atoms with E-state index in [1.54, 1.807) is 30.3 Å². The summed E-state index contributed by atoms with van der Waals surface area (Å²) in [7, 11) is 0. The second-order valence-electron chi connectivity index (χ2n) is 3.70. The molecule has 0 aliphatic heterocycles. The number of carboxylic acid groups (broad SMARTS) is 1. The predicted octanol–water partition coefficient (Wildman–Crippen LogP) is 3.94. The molecule has 3 nitrogen and oxygen atoms in total. The van der Waals surface area contributed by atoms with Crippen LogP contribution < -0.4 is 5.73 Å². The number of nitrogen functional groups attached to an aromatic ring is 1. The summed E-state index contributed by atoms with van der Waals surface area (Å²) < 4.78 is 0. The molecule has 0 heterocycles. The Balaban J connectivity index is 2.60. The minimum Gasteiger partial charge on any atom is -0.478 e. The van der Waals surface area contributed by atoms with E-state index in [2.05, 4.69) is 0 Å². The van der Waals surface area contributed by atoms with Gasteiger partial charge in [0.2, 0.25) is 0 Å². The van der Waals surface area contributed by atoms with Crippen LogP contribution >= 0.6 is 23.2 Å². The molecule has 0 aliphatic carbocycles. The van der Waals surface area contributed by atoms with Gasteiger partial charge in [-0.05, 0) is 23.8 Å². The number of hydrogen-bond acceptors (Lipinski definition) is 2. The number of nitrogens with two attached hydrogens (primary N) is 1. The standard InChI is InChI=1S/C13H9Cl2NO2/c14-10-5-4-7(6-11(10)15)8-2-1-3-9(12(8)16)13(17)18/h1-6H,16H2,(H,17,18). The molecule has 0 aromatic heterocycles. The Morgan fingerprint density at radius 2 is 1.83 bits per heavy atom. The monoisotopic (exact) mass is 281 g/mol. The lowest BCUT2D eigenvalue weighted by Crippen LogP contribution is -2.03. The van der Waals surface area contributed by atoms with Crippen LogP contribution in [0.5, 0.6) is 0 Å². The summed E-state index contributed by atoms with van der Waals surface area (Å²) in [6.07, 6.45) is 0. The number of carboxylic acids is 1. The first kappa shape index (κ1) is 12.7. The van der Waals surface area contributed by atoms with Crippen molar-refractivity contribution in [2.24, 2.45) is 0 Å². The van der Waals surface area contributed by atoms with Crippen LogP contribution in [0.4, 0.5) is 5.69 Å². The minimum absolute atomic E-state index is 0.0681. The zero-order valence-electron chi connectivity index (χ0n) is 9.15. The van der Waals surface area contributed by atoms with E-state index < -0.39 is 5.97 Å². The van der Waals surface area contributed by atoms with Crippen molar-refractivity contribution in [1.29, 1.82) is 0 Å². The molecule has 0 spiro atoms. The van der Waals surface area contributed by atoms with Gasteiger partial charge in [-0.1, -0.05) is 41.4 Å². The zero-order chi connectivity index (χ0) is 13.3. The normalized spacial score (nSPS) is 10.3. The Morgan fingerprint density at radius 1 is 1.11 bits per heavy atom. The average Bonchev–Trinajstić information content (AvgIpc) is 2.33. The van der Waals surface area contributed by atoms with Crippen LogP contribution in [0.2, 0.25) is 10.0 Å². The number of hydrogen-bond donors (Lipinski definition) is 2. The Morgan fingerprint density at radius 3 is 2.44 bits per heavy atom. The SMILES string of the molecule is Nc1c(C(=O)O)cccc1-c1ccc(Cl)c(Cl)c1. The summed E-state index contributed by atoms with van der Waals surface area (Å²) in [5, 5.41) is 9.84. The molecule has 0 fully saturated rings. The number of rotatable bonds is 2. The van der Waals surface area contributed by atoms with E-state index in [-0.39, 0.29) is 11.3 Å². The van der Waals surface area contributed by atoms with E-state index in [1.807, 2.05) is 0 Å². The topological polar surface area (TPSA) is 63.3 Å². The lowest BCUT2D eigenvalue weighted by molar-refractivity contribution is 0.0698. The fraction of sp³-hybridized carbons (Fsp3) is 0. The third-order valence-electron chi connectivity index (χ3n) is 2.57. The van der Waals surface area contributed by atoms with Crippen LogP contribution in [0.15, 0.2) is 36.4 Å². The number of aromatic carboxylic acids is 1. The number of para-hydroxylation sites is 1. The van der Waals surface area contributed by atoms with E-state index in [4.69, 9.17) is 34.0 Å². The largest absolute Gasteiger partial charge is 0.478 e. The summed E-state index contributed by atoms with van der Waals surface area (Å²) in [6.45, 7) is 0. The molecule has 0 unspecified atom stereocenters. The first-order valence-electron chi connectivity index (χ1n) is 5.08. The summed E-state index contributed by atoms with van der Waals surface area (Å²) in [4.78, 5) is 11.0. The molecule has 2 aromatic carbocycles. The molecular weight excluding hydrogens is 273 g/mol. The molecule has 2 rings (SSSR count). The molecule has 92 valence electrons. The number of anilines is 1. The Bertz CT molecular complexity index is 626. The molecule has 5 heteroatoms. The fourth-order valence-corrected chi connectivity index (χ4v) is 1.97.